The van der Waals surface area contributed by atoms with E-state index < -0.39 is 0 Å². The number of hydrogen-bond acceptors (Lipinski definition) is 2. The maximum Gasteiger partial charge on any atom is 0.0105 e. The number of thiophene rings is 1. The van der Waals surface area contributed by atoms with Gasteiger partial charge in [-0.1, -0.05) is 20.8 Å². The molecule has 1 N–H and O–H groups in total. The second kappa shape index (κ2) is 4.94. The van der Waals surface area contributed by atoms with Gasteiger partial charge < -0.3 is 5.32 Å². The van der Waals surface area contributed by atoms with Gasteiger partial charge in [-0.3, -0.25) is 0 Å². The standard InChI is InChI=1S/C12H21NS/c1-5-13-9-8-12(3,4)11-7-6-10(2)14-11/h6-7,13H,5,8-9H2,1-4H3. The van der Waals surface area contributed by atoms with Crippen LogP contribution in [0.25, 0.3) is 0 Å². The lowest BCUT2D eigenvalue weighted by atomic mass is 9.87. The molecule has 1 heterocycles. The SMILES string of the molecule is CCNCCC(C)(C)c1ccc(C)s1. The highest BCUT2D eigenvalue weighted by Gasteiger charge is 2.21. The molecule has 2 heteroatoms. The summed E-state index contributed by atoms with van der Waals surface area (Å²) >= 11 is 1.92. The Kier molecular flexibility index (Phi) is 4.14. The quantitative estimate of drug-likeness (QED) is 0.737. The molecule has 0 fully saturated rings. The Hall–Kier alpha value is -0.340. The van der Waals surface area contributed by atoms with E-state index in [-0.39, 0.29) is 0 Å². The van der Waals surface area contributed by atoms with Crippen LogP contribution in [0.2, 0.25) is 0 Å². The van der Waals surface area contributed by atoms with Crippen LogP contribution in [-0.2, 0) is 5.41 Å². The maximum absolute atomic E-state index is 3.39. The smallest absolute Gasteiger partial charge is 0.0105 e. The lowest BCUT2D eigenvalue weighted by Crippen LogP contribution is -2.24. The van der Waals surface area contributed by atoms with E-state index >= 15 is 0 Å². The van der Waals surface area contributed by atoms with E-state index in [0.29, 0.717) is 5.41 Å². The largest absolute Gasteiger partial charge is 0.317 e. The van der Waals surface area contributed by atoms with Gasteiger partial charge in [-0.25, -0.2) is 0 Å². The predicted octanol–water partition coefficient (Wildman–Crippen LogP) is 3.33. The minimum absolute atomic E-state index is 0.321. The van der Waals surface area contributed by atoms with E-state index in [1.165, 1.54) is 16.2 Å². The third-order valence-electron chi connectivity index (χ3n) is 2.58. The first-order valence-electron chi connectivity index (χ1n) is 5.34. The monoisotopic (exact) mass is 211 g/mol. The van der Waals surface area contributed by atoms with Gasteiger partial charge in [-0.05, 0) is 38.6 Å². The molecule has 0 amide bonds. The molecule has 80 valence electrons. The van der Waals surface area contributed by atoms with Gasteiger partial charge in [0.25, 0.3) is 0 Å². The summed E-state index contributed by atoms with van der Waals surface area (Å²) in [5, 5.41) is 3.39. The molecule has 1 rings (SSSR count). The molecule has 0 saturated heterocycles. The lowest BCUT2D eigenvalue weighted by molar-refractivity contribution is 0.469. The van der Waals surface area contributed by atoms with Crippen LogP contribution in [0, 0.1) is 6.92 Å². The lowest BCUT2D eigenvalue weighted by Gasteiger charge is -2.23. The highest BCUT2D eigenvalue weighted by molar-refractivity contribution is 7.12. The van der Waals surface area contributed by atoms with Crippen molar-refractivity contribution in [2.45, 2.75) is 39.5 Å². The summed E-state index contributed by atoms with van der Waals surface area (Å²) in [6.07, 6.45) is 1.21. The summed E-state index contributed by atoms with van der Waals surface area (Å²) in [6.45, 7) is 11.2. The highest BCUT2D eigenvalue weighted by Crippen LogP contribution is 2.32. The molecule has 0 aliphatic carbocycles. The zero-order valence-corrected chi connectivity index (χ0v) is 10.5. The number of hydrogen-bond donors (Lipinski definition) is 1. The van der Waals surface area contributed by atoms with Gasteiger partial charge >= 0.3 is 0 Å². The van der Waals surface area contributed by atoms with Crippen molar-refractivity contribution in [2.24, 2.45) is 0 Å². The van der Waals surface area contributed by atoms with Crippen molar-refractivity contribution < 1.29 is 0 Å². The molecule has 0 radical (unpaired) electrons. The van der Waals surface area contributed by atoms with Crippen LogP contribution < -0.4 is 5.32 Å². The average Bonchev–Trinajstić information content (AvgIpc) is 2.53. The molecule has 0 saturated carbocycles. The molecule has 0 spiro atoms. The van der Waals surface area contributed by atoms with Crippen molar-refractivity contribution in [1.82, 2.24) is 5.32 Å². The molecule has 14 heavy (non-hydrogen) atoms. The van der Waals surface area contributed by atoms with Gasteiger partial charge in [-0.2, -0.15) is 0 Å². The zero-order valence-electron chi connectivity index (χ0n) is 9.68. The van der Waals surface area contributed by atoms with Crippen molar-refractivity contribution in [3.63, 3.8) is 0 Å². The van der Waals surface area contributed by atoms with Crippen LogP contribution in [0.4, 0.5) is 0 Å². The van der Waals surface area contributed by atoms with Crippen LogP contribution in [0.1, 0.15) is 36.9 Å². The van der Waals surface area contributed by atoms with Crippen LogP contribution in [0.15, 0.2) is 12.1 Å². The fourth-order valence-corrected chi connectivity index (χ4v) is 2.50. The van der Waals surface area contributed by atoms with Gasteiger partial charge in [0.05, 0.1) is 0 Å². The Balaban J connectivity index is 2.56. The van der Waals surface area contributed by atoms with E-state index in [9.17, 15) is 0 Å². The minimum atomic E-state index is 0.321. The van der Waals surface area contributed by atoms with Crippen molar-refractivity contribution in [3.05, 3.63) is 21.9 Å². The average molecular weight is 211 g/mol. The van der Waals surface area contributed by atoms with E-state index in [1.807, 2.05) is 11.3 Å². The molecule has 0 bridgehead atoms. The van der Waals surface area contributed by atoms with Gasteiger partial charge in [-0.15, -0.1) is 11.3 Å². The molecule has 1 aromatic rings. The molecular weight excluding hydrogens is 190 g/mol. The molecule has 1 nitrogen and oxygen atoms in total. The summed E-state index contributed by atoms with van der Waals surface area (Å²) in [4.78, 5) is 2.92. The Morgan fingerprint density at radius 2 is 2.07 bits per heavy atom. The fraction of sp³-hybridized carbons (Fsp3) is 0.667. The third kappa shape index (κ3) is 3.10. The molecular formula is C12H21NS. The number of nitrogens with one attached hydrogen (secondary N) is 1. The normalized spacial score (nSPS) is 12.0. The van der Waals surface area contributed by atoms with Crippen LogP contribution in [0.3, 0.4) is 0 Å². The summed E-state index contributed by atoms with van der Waals surface area (Å²) < 4.78 is 0. The highest BCUT2D eigenvalue weighted by atomic mass is 32.1. The van der Waals surface area contributed by atoms with Gasteiger partial charge in [0, 0.05) is 15.2 Å². The van der Waals surface area contributed by atoms with E-state index in [1.54, 1.807) is 0 Å². The van der Waals surface area contributed by atoms with Crippen LogP contribution in [0.5, 0.6) is 0 Å². The molecule has 0 aliphatic rings. The third-order valence-corrected chi connectivity index (χ3v) is 3.95. The van der Waals surface area contributed by atoms with Crippen molar-refractivity contribution >= 4 is 11.3 Å². The Morgan fingerprint density at radius 3 is 2.57 bits per heavy atom. The van der Waals surface area contributed by atoms with E-state index in [4.69, 9.17) is 0 Å². The first kappa shape index (κ1) is 11.7. The Labute approximate surface area is 91.5 Å². The van der Waals surface area contributed by atoms with Gasteiger partial charge in [0.2, 0.25) is 0 Å². The molecule has 0 atom stereocenters. The molecule has 1 aromatic heterocycles. The second-order valence-electron chi connectivity index (χ2n) is 4.40. The summed E-state index contributed by atoms with van der Waals surface area (Å²) in [7, 11) is 0. The topological polar surface area (TPSA) is 12.0 Å². The molecule has 0 aliphatic heterocycles. The fourth-order valence-electron chi connectivity index (χ4n) is 1.50. The number of rotatable bonds is 5. The number of aryl methyl sites for hydroxylation is 1. The molecule has 0 unspecified atom stereocenters. The van der Waals surface area contributed by atoms with Crippen LogP contribution in [-0.4, -0.2) is 13.1 Å². The summed E-state index contributed by atoms with van der Waals surface area (Å²) in [5.74, 6) is 0. The zero-order chi connectivity index (χ0) is 10.6. The Bertz CT molecular complexity index is 276. The van der Waals surface area contributed by atoms with Crippen LogP contribution >= 0.6 is 11.3 Å². The van der Waals surface area contributed by atoms with E-state index in [2.05, 4.69) is 45.1 Å². The van der Waals surface area contributed by atoms with E-state index in [0.717, 1.165) is 13.1 Å². The van der Waals surface area contributed by atoms with Crippen molar-refractivity contribution in [3.8, 4) is 0 Å². The summed E-state index contributed by atoms with van der Waals surface area (Å²) in [6, 6.07) is 4.49. The predicted molar refractivity (Wildman–Crippen MR) is 65.2 cm³/mol. The maximum atomic E-state index is 3.39. The summed E-state index contributed by atoms with van der Waals surface area (Å²) in [5.41, 5.74) is 0.321. The minimum Gasteiger partial charge on any atom is -0.317 e. The van der Waals surface area contributed by atoms with Gasteiger partial charge in [0.1, 0.15) is 0 Å². The van der Waals surface area contributed by atoms with Crippen molar-refractivity contribution in [1.29, 1.82) is 0 Å². The first-order chi connectivity index (χ1) is 6.56. The van der Waals surface area contributed by atoms with Gasteiger partial charge in [0.15, 0.2) is 0 Å². The van der Waals surface area contributed by atoms with Crippen molar-refractivity contribution in [2.75, 3.05) is 13.1 Å². The Morgan fingerprint density at radius 1 is 1.36 bits per heavy atom. The second-order valence-corrected chi connectivity index (χ2v) is 5.69. The molecule has 0 aromatic carbocycles. The first-order valence-corrected chi connectivity index (χ1v) is 6.15.